The molecular formula is C14H28N2O3. The van der Waals surface area contributed by atoms with Crippen molar-refractivity contribution in [2.24, 2.45) is 5.41 Å². The van der Waals surface area contributed by atoms with Crippen molar-refractivity contribution >= 4 is 5.91 Å². The number of nitrogens with one attached hydrogen (secondary N) is 1. The second kappa shape index (κ2) is 8.51. The third kappa shape index (κ3) is 4.44. The summed E-state index contributed by atoms with van der Waals surface area (Å²) in [4.78, 5) is 14.7. The topological polar surface area (TPSA) is 50.8 Å². The molecule has 0 bridgehead atoms. The van der Waals surface area contributed by atoms with Crippen LogP contribution in [0.2, 0.25) is 0 Å². The van der Waals surface area contributed by atoms with Gasteiger partial charge in [0.1, 0.15) is 0 Å². The highest BCUT2D eigenvalue weighted by Gasteiger charge is 2.41. The Hall–Kier alpha value is -0.650. The van der Waals surface area contributed by atoms with E-state index in [1.165, 1.54) is 0 Å². The fourth-order valence-corrected chi connectivity index (χ4v) is 2.66. The highest BCUT2D eigenvalue weighted by Crippen LogP contribution is 2.31. The van der Waals surface area contributed by atoms with E-state index in [0.717, 1.165) is 32.5 Å². The number of hydrogen-bond acceptors (Lipinski definition) is 4. The van der Waals surface area contributed by atoms with Gasteiger partial charge in [0.15, 0.2) is 0 Å². The van der Waals surface area contributed by atoms with Crippen LogP contribution in [0.1, 0.15) is 26.7 Å². The molecule has 0 radical (unpaired) electrons. The van der Waals surface area contributed by atoms with Crippen LogP contribution in [0, 0.1) is 5.41 Å². The van der Waals surface area contributed by atoms with Crippen LogP contribution in [0.25, 0.3) is 0 Å². The van der Waals surface area contributed by atoms with E-state index in [0.29, 0.717) is 26.4 Å². The Labute approximate surface area is 116 Å². The van der Waals surface area contributed by atoms with Crippen LogP contribution < -0.4 is 5.32 Å². The average Bonchev–Trinajstić information content (AvgIpc) is 2.44. The van der Waals surface area contributed by atoms with E-state index in [-0.39, 0.29) is 11.3 Å². The SMILES string of the molecule is CCOCCN(CC)C(=O)C1(COC)CCNCC1. The number of amides is 1. The molecule has 1 amide bonds. The third-order valence-electron chi connectivity index (χ3n) is 3.81. The minimum absolute atomic E-state index is 0.220. The van der Waals surface area contributed by atoms with Gasteiger partial charge in [-0.05, 0) is 39.8 Å². The molecular weight excluding hydrogens is 244 g/mol. The zero-order chi connectivity index (χ0) is 14.1. The third-order valence-corrected chi connectivity index (χ3v) is 3.81. The lowest BCUT2D eigenvalue weighted by molar-refractivity contribution is -0.148. The van der Waals surface area contributed by atoms with Gasteiger partial charge < -0.3 is 19.7 Å². The maximum absolute atomic E-state index is 12.8. The van der Waals surface area contributed by atoms with Crippen LogP contribution in [-0.2, 0) is 14.3 Å². The Kier molecular flexibility index (Phi) is 7.34. The summed E-state index contributed by atoms with van der Waals surface area (Å²) in [5, 5.41) is 3.31. The Bertz CT molecular complexity index is 260. The number of piperidine rings is 1. The van der Waals surface area contributed by atoms with Crippen LogP contribution >= 0.6 is 0 Å². The van der Waals surface area contributed by atoms with E-state index >= 15 is 0 Å². The Morgan fingerprint density at radius 3 is 2.53 bits per heavy atom. The molecule has 1 heterocycles. The molecule has 1 aliphatic heterocycles. The highest BCUT2D eigenvalue weighted by molar-refractivity contribution is 5.83. The minimum Gasteiger partial charge on any atom is -0.384 e. The van der Waals surface area contributed by atoms with Crippen LogP contribution in [0.3, 0.4) is 0 Å². The van der Waals surface area contributed by atoms with Gasteiger partial charge in [0, 0.05) is 26.8 Å². The Morgan fingerprint density at radius 2 is 2.00 bits per heavy atom. The average molecular weight is 272 g/mol. The van der Waals surface area contributed by atoms with Gasteiger partial charge in [0.05, 0.1) is 18.6 Å². The number of methoxy groups -OCH3 is 1. The molecule has 112 valence electrons. The van der Waals surface area contributed by atoms with Gasteiger partial charge >= 0.3 is 0 Å². The minimum atomic E-state index is -0.345. The van der Waals surface area contributed by atoms with Crippen molar-refractivity contribution < 1.29 is 14.3 Å². The first-order valence-electron chi connectivity index (χ1n) is 7.27. The summed E-state index contributed by atoms with van der Waals surface area (Å²) in [5.41, 5.74) is -0.345. The molecule has 1 aliphatic rings. The predicted octanol–water partition coefficient (Wildman–Crippen LogP) is 0.888. The van der Waals surface area contributed by atoms with Crippen molar-refractivity contribution in [1.29, 1.82) is 0 Å². The fraction of sp³-hybridized carbons (Fsp3) is 0.929. The standard InChI is InChI=1S/C14H28N2O3/c1-4-16(10-11-19-5-2)13(17)14(12-18-3)6-8-15-9-7-14/h15H,4-12H2,1-3H3. The quantitative estimate of drug-likeness (QED) is 0.667. The summed E-state index contributed by atoms with van der Waals surface area (Å²) in [5.74, 6) is 0.220. The summed E-state index contributed by atoms with van der Waals surface area (Å²) < 4.78 is 10.7. The summed E-state index contributed by atoms with van der Waals surface area (Å²) in [6.07, 6.45) is 1.70. The molecule has 1 saturated heterocycles. The van der Waals surface area contributed by atoms with Crippen LogP contribution in [0.5, 0.6) is 0 Å². The monoisotopic (exact) mass is 272 g/mol. The van der Waals surface area contributed by atoms with Crippen molar-refractivity contribution in [2.75, 3.05) is 53.1 Å². The lowest BCUT2D eigenvalue weighted by Crippen LogP contribution is -2.52. The van der Waals surface area contributed by atoms with Gasteiger partial charge in [0.2, 0.25) is 5.91 Å². The number of nitrogens with zero attached hydrogens (tertiary/aromatic N) is 1. The lowest BCUT2D eigenvalue weighted by Gasteiger charge is -2.39. The molecule has 1 rings (SSSR count). The number of hydrogen-bond donors (Lipinski definition) is 1. The van der Waals surface area contributed by atoms with E-state index in [2.05, 4.69) is 5.32 Å². The molecule has 0 spiro atoms. The molecule has 0 aromatic rings. The summed E-state index contributed by atoms with van der Waals surface area (Å²) >= 11 is 0. The van der Waals surface area contributed by atoms with E-state index < -0.39 is 0 Å². The zero-order valence-corrected chi connectivity index (χ0v) is 12.5. The molecule has 5 heteroatoms. The van der Waals surface area contributed by atoms with Crippen molar-refractivity contribution in [3.63, 3.8) is 0 Å². The zero-order valence-electron chi connectivity index (χ0n) is 12.5. The smallest absolute Gasteiger partial charge is 0.231 e. The summed E-state index contributed by atoms with van der Waals surface area (Å²) in [7, 11) is 1.67. The van der Waals surface area contributed by atoms with E-state index in [9.17, 15) is 4.79 Å². The highest BCUT2D eigenvalue weighted by atomic mass is 16.5. The predicted molar refractivity (Wildman–Crippen MR) is 75.2 cm³/mol. The van der Waals surface area contributed by atoms with E-state index in [1.54, 1.807) is 7.11 Å². The van der Waals surface area contributed by atoms with Gasteiger partial charge in [-0.3, -0.25) is 4.79 Å². The van der Waals surface area contributed by atoms with Crippen molar-refractivity contribution in [1.82, 2.24) is 10.2 Å². The lowest BCUT2D eigenvalue weighted by atomic mass is 9.78. The molecule has 0 unspecified atom stereocenters. The van der Waals surface area contributed by atoms with Crippen molar-refractivity contribution in [3.8, 4) is 0 Å². The molecule has 19 heavy (non-hydrogen) atoms. The molecule has 1 fully saturated rings. The van der Waals surface area contributed by atoms with Crippen LogP contribution in [0.4, 0.5) is 0 Å². The van der Waals surface area contributed by atoms with Crippen LogP contribution in [0.15, 0.2) is 0 Å². The first kappa shape index (κ1) is 16.4. The Balaban J connectivity index is 2.67. The molecule has 0 atom stereocenters. The normalized spacial score (nSPS) is 18.3. The second-order valence-corrected chi connectivity index (χ2v) is 5.05. The number of rotatable bonds is 8. The second-order valence-electron chi connectivity index (χ2n) is 5.05. The maximum atomic E-state index is 12.8. The number of carbonyl (C=O) groups excluding carboxylic acids is 1. The van der Waals surface area contributed by atoms with Gasteiger partial charge in [-0.1, -0.05) is 0 Å². The largest absolute Gasteiger partial charge is 0.384 e. The molecule has 0 aromatic heterocycles. The molecule has 5 nitrogen and oxygen atoms in total. The molecule has 0 saturated carbocycles. The van der Waals surface area contributed by atoms with E-state index in [4.69, 9.17) is 9.47 Å². The van der Waals surface area contributed by atoms with Gasteiger partial charge in [-0.25, -0.2) is 0 Å². The number of likely N-dealkylation sites (N-methyl/N-ethyl adjacent to an activating group) is 1. The Morgan fingerprint density at radius 1 is 1.32 bits per heavy atom. The van der Waals surface area contributed by atoms with Crippen molar-refractivity contribution in [3.05, 3.63) is 0 Å². The summed E-state index contributed by atoms with van der Waals surface area (Å²) in [6.45, 7) is 8.97. The molecule has 0 aromatic carbocycles. The number of carbonyl (C=O) groups is 1. The summed E-state index contributed by atoms with van der Waals surface area (Å²) in [6, 6.07) is 0. The van der Waals surface area contributed by atoms with Crippen molar-refractivity contribution in [2.45, 2.75) is 26.7 Å². The molecule has 0 aliphatic carbocycles. The first-order chi connectivity index (χ1) is 9.20. The van der Waals surface area contributed by atoms with Gasteiger partial charge in [-0.2, -0.15) is 0 Å². The number of ether oxygens (including phenoxy) is 2. The van der Waals surface area contributed by atoms with Gasteiger partial charge in [0.25, 0.3) is 0 Å². The maximum Gasteiger partial charge on any atom is 0.231 e. The fourth-order valence-electron chi connectivity index (χ4n) is 2.66. The first-order valence-corrected chi connectivity index (χ1v) is 7.27. The van der Waals surface area contributed by atoms with Crippen LogP contribution in [-0.4, -0.2) is 63.9 Å². The van der Waals surface area contributed by atoms with E-state index in [1.807, 2.05) is 18.7 Å². The molecule has 1 N–H and O–H groups in total. The van der Waals surface area contributed by atoms with Gasteiger partial charge in [-0.15, -0.1) is 0 Å².